The Labute approximate surface area is 206 Å². The first kappa shape index (κ1) is 34.4. The maximum atomic E-state index is 11.4. The number of carbonyl (C=O) groups is 2. The van der Waals surface area contributed by atoms with Crippen molar-refractivity contribution in [2.24, 2.45) is 17.8 Å². The van der Waals surface area contributed by atoms with Crippen LogP contribution in [0.15, 0.2) is 0 Å². The van der Waals surface area contributed by atoms with Gasteiger partial charge in [-0.2, -0.15) is 0 Å². The van der Waals surface area contributed by atoms with Crippen molar-refractivity contribution in [2.45, 2.75) is 119 Å². The van der Waals surface area contributed by atoms with Crippen LogP contribution < -0.4 is 5.32 Å². The van der Waals surface area contributed by atoms with Crippen LogP contribution in [0.1, 0.15) is 113 Å². The van der Waals surface area contributed by atoms with Crippen LogP contribution in [0.5, 0.6) is 0 Å². The van der Waals surface area contributed by atoms with E-state index in [4.69, 9.17) is 9.47 Å². The highest BCUT2D eigenvalue weighted by Crippen LogP contribution is 2.13. The second-order valence-electron chi connectivity index (χ2n) is 10.4. The molecule has 0 bridgehead atoms. The van der Waals surface area contributed by atoms with E-state index >= 15 is 0 Å². The number of hydrogen-bond donors (Lipinski definition) is 1. The molecular weight excluding hydrogens is 414 g/mol. The lowest BCUT2D eigenvalue weighted by atomic mass is 10.0. The maximum absolute atomic E-state index is 11.4. The van der Waals surface area contributed by atoms with E-state index in [1.54, 1.807) is 0 Å². The van der Waals surface area contributed by atoms with E-state index in [1.165, 1.54) is 38.5 Å². The normalized spacial score (nSPS) is 11.4. The monoisotopic (exact) mass is 471 g/mol. The summed E-state index contributed by atoms with van der Waals surface area (Å²) in [5, 5.41) is 3.26. The first-order valence-electron chi connectivity index (χ1n) is 13.5. The van der Waals surface area contributed by atoms with Crippen molar-refractivity contribution < 1.29 is 19.1 Å². The minimum atomic E-state index is 0.108. The molecule has 0 aliphatic heterocycles. The minimum absolute atomic E-state index is 0.108. The highest BCUT2D eigenvalue weighted by molar-refractivity contribution is 5.80. The van der Waals surface area contributed by atoms with E-state index in [0.717, 1.165) is 25.3 Å². The lowest BCUT2D eigenvalue weighted by molar-refractivity contribution is -0.123. The lowest BCUT2D eigenvalue weighted by Crippen LogP contribution is -2.27. The molecule has 0 aromatic rings. The molecule has 0 aliphatic rings. The second kappa shape index (κ2) is 24.3. The van der Waals surface area contributed by atoms with Gasteiger partial charge in [-0.15, -0.1) is 0 Å². The smallest absolute Gasteiger partial charge is 0.137 e. The van der Waals surface area contributed by atoms with Crippen LogP contribution >= 0.6 is 0 Å². The van der Waals surface area contributed by atoms with Crippen molar-refractivity contribution >= 4 is 11.6 Å². The van der Waals surface area contributed by atoms with Crippen LogP contribution in [0.2, 0.25) is 0 Å². The summed E-state index contributed by atoms with van der Waals surface area (Å²) in [4.78, 5) is 22.6. The molecule has 0 atom stereocenters. The Morgan fingerprint density at radius 3 is 1.61 bits per heavy atom. The van der Waals surface area contributed by atoms with Gasteiger partial charge in [0.05, 0.1) is 26.4 Å². The summed E-state index contributed by atoms with van der Waals surface area (Å²) in [6.07, 6.45) is 10.4. The number of rotatable bonds is 21. The third-order valence-corrected chi connectivity index (χ3v) is 5.41. The van der Waals surface area contributed by atoms with E-state index in [-0.39, 0.29) is 17.6 Å². The number of unbranched alkanes of at least 4 members (excludes halogenated alkanes) is 5. The first-order chi connectivity index (χ1) is 15.6. The number of carbonyl (C=O) groups excluding carboxylic acids is 2. The predicted molar refractivity (Wildman–Crippen MR) is 141 cm³/mol. The van der Waals surface area contributed by atoms with Crippen molar-refractivity contribution in [3.05, 3.63) is 0 Å². The van der Waals surface area contributed by atoms with Crippen LogP contribution in [0.3, 0.4) is 0 Å². The fourth-order valence-corrected chi connectivity index (χ4v) is 3.05. The van der Waals surface area contributed by atoms with Gasteiger partial charge in [-0.25, -0.2) is 0 Å². The molecule has 0 amide bonds. The molecule has 0 spiro atoms. The van der Waals surface area contributed by atoms with Gasteiger partial charge in [0, 0.05) is 37.3 Å². The molecule has 0 rings (SSSR count). The topological polar surface area (TPSA) is 64.6 Å². The summed E-state index contributed by atoms with van der Waals surface area (Å²) in [6.45, 7) is 19.8. The third-order valence-electron chi connectivity index (χ3n) is 5.41. The minimum Gasteiger partial charge on any atom is -0.379 e. The van der Waals surface area contributed by atoms with Gasteiger partial charge in [-0.3, -0.25) is 9.59 Å². The molecular formula is C28H57NO4. The zero-order chi connectivity index (χ0) is 25.5. The van der Waals surface area contributed by atoms with Crippen LogP contribution in [0, 0.1) is 17.8 Å². The molecule has 0 radical (unpaired) electrons. The van der Waals surface area contributed by atoms with Crippen molar-refractivity contribution in [1.29, 1.82) is 0 Å². The van der Waals surface area contributed by atoms with E-state index in [9.17, 15) is 9.59 Å². The van der Waals surface area contributed by atoms with Gasteiger partial charge >= 0.3 is 0 Å². The zero-order valence-corrected chi connectivity index (χ0v) is 23.3. The van der Waals surface area contributed by atoms with Gasteiger partial charge in [-0.05, 0) is 12.3 Å². The average molecular weight is 472 g/mol. The summed E-state index contributed by atoms with van der Waals surface area (Å²) in [5.41, 5.74) is 0. The van der Waals surface area contributed by atoms with E-state index in [2.05, 4.69) is 33.0 Å². The molecule has 5 nitrogen and oxygen atoms in total. The number of nitrogens with one attached hydrogen (secondary N) is 1. The Balaban J connectivity index is 0. The van der Waals surface area contributed by atoms with Crippen molar-refractivity contribution in [3.63, 3.8) is 0 Å². The standard InChI is InChI=1S/C15H30O.C13H27NO3/c1-13(2)11-9-7-5-6-8-10-12-15(16)14(3)4;1-11(2)13(15)5-7-16-9-10-17-8-6-14-12(3)4/h13-14H,5-12H2,1-4H3;11-12,14H,5-10H2,1-4H3. The van der Waals surface area contributed by atoms with Gasteiger partial charge in [-0.1, -0.05) is 93.9 Å². The van der Waals surface area contributed by atoms with Crippen LogP contribution in [0.25, 0.3) is 0 Å². The van der Waals surface area contributed by atoms with Gasteiger partial charge in [0.2, 0.25) is 0 Å². The summed E-state index contributed by atoms with van der Waals surface area (Å²) < 4.78 is 10.7. The van der Waals surface area contributed by atoms with Crippen LogP contribution in [-0.4, -0.2) is 50.6 Å². The third kappa shape index (κ3) is 29.2. The lowest BCUT2D eigenvalue weighted by Gasteiger charge is -2.09. The highest BCUT2D eigenvalue weighted by atomic mass is 16.5. The zero-order valence-electron chi connectivity index (χ0n) is 23.3. The van der Waals surface area contributed by atoms with Crippen LogP contribution in [0.4, 0.5) is 0 Å². The Hall–Kier alpha value is -0.780. The molecule has 0 aromatic carbocycles. The maximum Gasteiger partial charge on any atom is 0.137 e. The Bertz CT molecular complexity index is 447. The van der Waals surface area contributed by atoms with Crippen molar-refractivity contribution in [3.8, 4) is 0 Å². The van der Waals surface area contributed by atoms with Gasteiger partial charge in [0.1, 0.15) is 11.6 Å². The van der Waals surface area contributed by atoms with E-state index < -0.39 is 0 Å². The molecule has 0 saturated heterocycles. The number of ether oxygens (including phenoxy) is 2. The number of hydrogen-bond acceptors (Lipinski definition) is 5. The van der Waals surface area contributed by atoms with E-state index in [1.807, 2.05) is 27.7 Å². The first-order valence-corrected chi connectivity index (χ1v) is 13.5. The molecule has 1 N–H and O–H groups in total. The fourth-order valence-electron chi connectivity index (χ4n) is 3.05. The predicted octanol–water partition coefficient (Wildman–Crippen LogP) is 6.62. The van der Waals surface area contributed by atoms with Gasteiger partial charge in [0.15, 0.2) is 0 Å². The SMILES string of the molecule is CC(C)CCCCCCCCC(=O)C(C)C.CC(C)NCCOCCOCCC(=O)C(C)C. The number of Topliss-reactive ketones (excluding diaryl/α,β-unsaturated/α-hetero) is 2. The summed E-state index contributed by atoms with van der Waals surface area (Å²) in [6, 6.07) is 0.497. The van der Waals surface area contributed by atoms with Crippen molar-refractivity contribution in [2.75, 3.05) is 33.0 Å². The summed E-state index contributed by atoms with van der Waals surface area (Å²) in [7, 11) is 0. The highest BCUT2D eigenvalue weighted by Gasteiger charge is 2.06. The second-order valence-corrected chi connectivity index (χ2v) is 10.4. The molecule has 0 saturated carbocycles. The largest absolute Gasteiger partial charge is 0.379 e. The van der Waals surface area contributed by atoms with Gasteiger partial charge < -0.3 is 14.8 Å². The van der Waals surface area contributed by atoms with Crippen LogP contribution in [-0.2, 0) is 19.1 Å². The van der Waals surface area contributed by atoms with Gasteiger partial charge in [0.25, 0.3) is 0 Å². The molecule has 0 aliphatic carbocycles. The Morgan fingerprint density at radius 2 is 1.09 bits per heavy atom. The molecule has 5 heteroatoms. The van der Waals surface area contributed by atoms with E-state index in [0.29, 0.717) is 44.7 Å². The average Bonchev–Trinajstić information content (AvgIpc) is 2.73. The summed E-state index contributed by atoms with van der Waals surface area (Å²) in [5.74, 6) is 1.87. The molecule has 33 heavy (non-hydrogen) atoms. The Kier molecular flexibility index (Phi) is 25.4. The van der Waals surface area contributed by atoms with Crippen molar-refractivity contribution in [1.82, 2.24) is 5.32 Å². The quantitative estimate of drug-likeness (QED) is 0.191. The summed E-state index contributed by atoms with van der Waals surface area (Å²) >= 11 is 0. The molecule has 198 valence electrons. The fraction of sp³-hybridized carbons (Fsp3) is 0.929. The number of ketones is 2. The molecule has 0 unspecified atom stereocenters. The molecule has 0 fully saturated rings. The molecule has 0 aromatic heterocycles. The Morgan fingerprint density at radius 1 is 0.606 bits per heavy atom. The molecule has 0 heterocycles.